The van der Waals surface area contributed by atoms with Crippen LogP contribution < -0.4 is 16.0 Å². The van der Waals surface area contributed by atoms with Crippen LogP contribution in [0.25, 0.3) is 0 Å². The Kier molecular flexibility index (Phi) is 6.10. The third kappa shape index (κ3) is 3.96. The lowest BCUT2D eigenvalue weighted by atomic mass is 9.81. The predicted octanol–water partition coefficient (Wildman–Crippen LogP) is 3.61. The summed E-state index contributed by atoms with van der Waals surface area (Å²) in [5, 5.41) is 4.04. The number of urea groups is 1. The van der Waals surface area contributed by atoms with E-state index in [0.29, 0.717) is 36.3 Å². The Bertz CT molecular complexity index is 971. The van der Waals surface area contributed by atoms with Gasteiger partial charge in [-0.05, 0) is 30.2 Å². The topological polar surface area (TPSA) is 101 Å². The predicted molar refractivity (Wildman–Crippen MR) is 120 cm³/mol. The fourth-order valence-electron chi connectivity index (χ4n) is 4.03. The molecule has 2 aliphatic heterocycles. The Morgan fingerprint density at radius 1 is 1.43 bits per heavy atom. The number of anilines is 2. The molecule has 1 unspecified atom stereocenters. The summed E-state index contributed by atoms with van der Waals surface area (Å²) in [6, 6.07) is 5.28. The molecule has 3 N–H and O–H groups in total. The number of nitrogens with zero attached hydrogens (tertiary/aromatic N) is 3. The number of halogens is 1. The summed E-state index contributed by atoms with van der Waals surface area (Å²) in [5.74, 6) is 0.801. The number of nitrogens with two attached hydrogens (primary N) is 1. The van der Waals surface area contributed by atoms with E-state index in [4.69, 9.17) is 22.1 Å². The number of carbonyl (C=O) groups is 2. The molecule has 2 aromatic rings. The minimum atomic E-state index is -0.364. The van der Waals surface area contributed by atoms with Crippen LogP contribution in [0, 0.1) is 0 Å². The fraction of sp³-hybridized carbons (Fsp3) is 0.421. The van der Waals surface area contributed by atoms with Gasteiger partial charge >= 0.3 is 12.1 Å². The van der Waals surface area contributed by atoms with E-state index in [9.17, 15) is 9.59 Å². The van der Waals surface area contributed by atoms with Gasteiger partial charge in [-0.1, -0.05) is 22.9 Å². The summed E-state index contributed by atoms with van der Waals surface area (Å²) in [4.78, 5) is 32.8. The number of likely N-dealkylation sites (tertiary alicyclic amines) is 1. The van der Waals surface area contributed by atoms with E-state index in [-0.39, 0.29) is 17.5 Å². The number of amides is 3. The zero-order chi connectivity index (χ0) is 21.3. The van der Waals surface area contributed by atoms with E-state index in [1.54, 1.807) is 33.8 Å². The van der Waals surface area contributed by atoms with Gasteiger partial charge < -0.3 is 15.4 Å². The van der Waals surface area contributed by atoms with Crippen molar-refractivity contribution in [3.63, 3.8) is 0 Å². The van der Waals surface area contributed by atoms with E-state index in [0.717, 1.165) is 27.6 Å². The lowest BCUT2D eigenvalue weighted by Crippen LogP contribution is -2.41. The highest BCUT2D eigenvalue weighted by atomic mass is 35.5. The zero-order valence-electron chi connectivity index (χ0n) is 16.4. The van der Waals surface area contributed by atoms with Crippen molar-refractivity contribution in [1.29, 1.82) is 0 Å². The summed E-state index contributed by atoms with van der Waals surface area (Å²) in [6.07, 6.45) is 2.12. The number of methoxy groups -OCH3 is 1. The fourth-order valence-corrected chi connectivity index (χ4v) is 5.91. The quantitative estimate of drug-likeness (QED) is 0.666. The third-order valence-corrected chi connectivity index (χ3v) is 7.75. The molecule has 1 aromatic heterocycles. The van der Waals surface area contributed by atoms with Gasteiger partial charge in [-0.3, -0.25) is 10.2 Å². The molecule has 4 rings (SSSR count). The normalized spacial score (nSPS) is 20.0. The standard InChI is InChI=1S/C19H22ClN5O3S2/c1-28-18(27)24-6-4-19(10-24)11-25(14-3-2-12(20)8-13(14)19)17(26)23-16-22-9-15(30-16)29-7-5-21/h2-3,8-9H,4-7,10-11,21H2,1H3,(H,22,23,26). The lowest BCUT2D eigenvalue weighted by Gasteiger charge is -2.25. The molecule has 0 saturated carbocycles. The number of fused-ring (bicyclic) bond motifs is 2. The Morgan fingerprint density at radius 3 is 3.03 bits per heavy atom. The van der Waals surface area contributed by atoms with Crippen LogP contribution in [-0.2, 0) is 10.2 Å². The number of carbonyl (C=O) groups excluding carboxylic acids is 2. The second-order valence-corrected chi connectivity index (χ2v) is 10.1. The average Bonchev–Trinajstić information content (AvgIpc) is 3.45. The van der Waals surface area contributed by atoms with E-state index < -0.39 is 0 Å². The summed E-state index contributed by atoms with van der Waals surface area (Å²) in [5.41, 5.74) is 6.96. The van der Waals surface area contributed by atoms with Gasteiger partial charge in [0.05, 0.1) is 17.5 Å². The molecule has 30 heavy (non-hydrogen) atoms. The molecule has 0 bridgehead atoms. The van der Waals surface area contributed by atoms with Crippen molar-refractivity contribution in [1.82, 2.24) is 9.88 Å². The Labute approximate surface area is 187 Å². The summed E-state index contributed by atoms with van der Waals surface area (Å²) < 4.78 is 5.89. The second kappa shape index (κ2) is 8.62. The van der Waals surface area contributed by atoms with Crippen LogP contribution in [-0.4, -0.2) is 61.0 Å². The first-order valence-electron chi connectivity index (χ1n) is 9.46. The summed E-state index contributed by atoms with van der Waals surface area (Å²) in [7, 11) is 1.38. The van der Waals surface area contributed by atoms with Crippen molar-refractivity contribution in [2.75, 3.05) is 49.3 Å². The van der Waals surface area contributed by atoms with Crippen molar-refractivity contribution >= 4 is 57.6 Å². The smallest absolute Gasteiger partial charge is 0.409 e. The second-order valence-electron chi connectivity index (χ2n) is 7.22. The first-order valence-corrected chi connectivity index (χ1v) is 11.6. The van der Waals surface area contributed by atoms with Crippen LogP contribution in [0.5, 0.6) is 0 Å². The van der Waals surface area contributed by atoms with Gasteiger partial charge in [0.2, 0.25) is 0 Å². The van der Waals surface area contributed by atoms with Crippen LogP contribution in [0.3, 0.4) is 0 Å². The van der Waals surface area contributed by atoms with Gasteiger partial charge in [-0.15, -0.1) is 11.8 Å². The highest BCUT2D eigenvalue weighted by Crippen LogP contribution is 2.47. The van der Waals surface area contributed by atoms with E-state index >= 15 is 0 Å². The number of aromatic nitrogens is 1. The van der Waals surface area contributed by atoms with Crippen molar-refractivity contribution < 1.29 is 14.3 Å². The van der Waals surface area contributed by atoms with Crippen LogP contribution >= 0.6 is 34.7 Å². The van der Waals surface area contributed by atoms with Crippen LogP contribution in [0.4, 0.5) is 20.4 Å². The maximum absolute atomic E-state index is 13.1. The van der Waals surface area contributed by atoms with Crippen LogP contribution in [0.15, 0.2) is 28.6 Å². The molecular formula is C19H22ClN5O3S2. The Hall–Kier alpha value is -2.01. The molecular weight excluding hydrogens is 446 g/mol. The van der Waals surface area contributed by atoms with Gasteiger partial charge in [0.15, 0.2) is 5.13 Å². The molecule has 1 fully saturated rings. The molecule has 2 aliphatic rings. The minimum Gasteiger partial charge on any atom is -0.453 e. The summed E-state index contributed by atoms with van der Waals surface area (Å²) >= 11 is 9.30. The van der Waals surface area contributed by atoms with Crippen molar-refractivity contribution in [2.45, 2.75) is 16.0 Å². The minimum absolute atomic E-state index is 0.253. The molecule has 1 spiro atoms. The number of thioether (sulfide) groups is 1. The van der Waals surface area contributed by atoms with E-state index in [2.05, 4.69) is 10.3 Å². The van der Waals surface area contributed by atoms with Crippen LogP contribution in [0.1, 0.15) is 12.0 Å². The molecule has 8 nitrogen and oxygen atoms in total. The number of rotatable bonds is 4. The molecule has 3 heterocycles. The highest BCUT2D eigenvalue weighted by molar-refractivity contribution is 8.01. The SMILES string of the molecule is COC(=O)N1CCC2(C1)CN(C(=O)Nc1ncc(SCCN)s1)c1ccc(Cl)cc12. The largest absolute Gasteiger partial charge is 0.453 e. The zero-order valence-corrected chi connectivity index (χ0v) is 18.8. The van der Waals surface area contributed by atoms with Gasteiger partial charge in [0.1, 0.15) is 0 Å². The molecule has 1 aromatic carbocycles. The molecule has 160 valence electrons. The highest BCUT2D eigenvalue weighted by Gasteiger charge is 2.50. The maximum atomic E-state index is 13.1. The number of ether oxygens (including phenoxy) is 1. The van der Waals surface area contributed by atoms with Gasteiger partial charge in [-0.25, -0.2) is 14.6 Å². The molecule has 11 heteroatoms. The number of benzene rings is 1. The van der Waals surface area contributed by atoms with Crippen molar-refractivity contribution in [2.24, 2.45) is 5.73 Å². The van der Waals surface area contributed by atoms with Crippen molar-refractivity contribution in [3.8, 4) is 0 Å². The average molecular weight is 468 g/mol. The summed E-state index contributed by atoms with van der Waals surface area (Å²) in [6.45, 7) is 2.10. The Morgan fingerprint density at radius 2 is 2.27 bits per heavy atom. The first kappa shape index (κ1) is 21.2. The lowest BCUT2D eigenvalue weighted by molar-refractivity contribution is 0.131. The van der Waals surface area contributed by atoms with E-state index in [1.165, 1.54) is 18.4 Å². The van der Waals surface area contributed by atoms with Gasteiger partial charge in [-0.2, -0.15) is 0 Å². The molecule has 1 saturated heterocycles. The third-order valence-electron chi connectivity index (χ3n) is 5.37. The molecule has 0 aliphatic carbocycles. The molecule has 0 radical (unpaired) electrons. The monoisotopic (exact) mass is 467 g/mol. The Balaban J connectivity index is 1.55. The molecule has 1 atom stereocenters. The number of hydrogen-bond acceptors (Lipinski definition) is 7. The number of nitrogens with one attached hydrogen (secondary N) is 1. The van der Waals surface area contributed by atoms with Crippen molar-refractivity contribution in [3.05, 3.63) is 35.0 Å². The number of hydrogen-bond donors (Lipinski definition) is 2. The van der Waals surface area contributed by atoms with Gasteiger partial charge in [0.25, 0.3) is 0 Å². The van der Waals surface area contributed by atoms with Gasteiger partial charge in [0, 0.05) is 48.1 Å². The first-order chi connectivity index (χ1) is 14.5. The number of thiazole rings is 1. The van der Waals surface area contributed by atoms with Crippen LogP contribution in [0.2, 0.25) is 5.02 Å². The van der Waals surface area contributed by atoms with E-state index in [1.807, 2.05) is 12.1 Å². The maximum Gasteiger partial charge on any atom is 0.409 e. The molecule has 3 amide bonds.